The minimum Gasteiger partial charge on any atom is -0.465 e. The molecule has 13 heteroatoms. The number of fused-ring (bicyclic) bond motifs is 3. The largest absolute Gasteiger partial charge is 0.487 e. The van der Waals surface area contributed by atoms with Crippen LogP contribution in [0.2, 0.25) is 0 Å². The molecule has 1 amide bonds. The van der Waals surface area contributed by atoms with Crippen molar-refractivity contribution in [2.75, 3.05) is 11.4 Å². The number of nitrogens with zero attached hydrogens (tertiary/aromatic N) is 4. The third-order valence-electron chi connectivity index (χ3n) is 7.85. The van der Waals surface area contributed by atoms with E-state index in [1.807, 2.05) is 0 Å². The van der Waals surface area contributed by atoms with Crippen molar-refractivity contribution in [3.63, 3.8) is 0 Å². The van der Waals surface area contributed by atoms with Gasteiger partial charge in [-0.25, -0.2) is 9.78 Å². The molecule has 3 fully saturated rings. The Kier molecular flexibility index (Phi) is 6.72. The number of aromatic nitrogens is 3. The summed E-state index contributed by atoms with van der Waals surface area (Å²) in [7, 11) is 0. The molecule has 2 aromatic heterocycles. The van der Waals surface area contributed by atoms with Gasteiger partial charge in [-0.05, 0) is 79.3 Å². The number of ether oxygens (including phenoxy) is 1. The standard InChI is InChI=1S/C26H25ClF4N4O4/c1-23(28,29)21-33-20(34-39-21)25-10-7-24(8-11-25,9-12-25)15-35(22(36)37)19-14-17(6-13-32-19)16-2-4-18(5-3-16)38-26(27,30)31/h2-6,13-14H,7-12,15H2,1H3,(H,36,37). The summed E-state index contributed by atoms with van der Waals surface area (Å²) in [6.45, 7) is 0.932. The van der Waals surface area contributed by atoms with E-state index in [0.717, 1.165) is 0 Å². The van der Waals surface area contributed by atoms with Crippen molar-refractivity contribution in [3.8, 4) is 16.9 Å². The molecule has 6 rings (SSSR count). The molecule has 0 radical (unpaired) electrons. The van der Waals surface area contributed by atoms with Crippen LogP contribution in [0.3, 0.4) is 0 Å². The molecule has 3 aliphatic rings. The molecular weight excluding hydrogens is 544 g/mol. The lowest BCUT2D eigenvalue weighted by atomic mass is 9.53. The number of hydrogen-bond acceptors (Lipinski definition) is 6. The smallest absolute Gasteiger partial charge is 0.465 e. The second-order valence-electron chi connectivity index (χ2n) is 10.4. The van der Waals surface area contributed by atoms with Crippen LogP contribution < -0.4 is 9.64 Å². The van der Waals surface area contributed by atoms with Crippen LogP contribution in [0.1, 0.15) is 57.2 Å². The van der Waals surface area contributed by atoms with Crippen molar-refractivity contribution < 1.29 is 36.7 Å². The topological polar surface area (TPSA) is 102 Å². The third-order valence-corrected chi connectivity index (χ3v) is 7.92. The van der Waals surface area contributed by atoms with Crippen LogP contribution in [0.5, 0.6) is 5.75 Å². The average molecular weight is 569 g/mol. The maximum Gasteiger partial charge on any atom is 0.487 e. The Labute approximate surface area is 225 Å². The van der Waals surface area contributed by atoms with E-state index in [2.05, 4.69) is 19.9 Å². The molecular formula is C26H25ClF4N4O4. The van der Waals surface area contributed by atoms with E-state index in [1.54, 1.807) is 24.3 Å². The van der Waals surface area contributed by atoms with Gasteiger partial charge in [0.15, 0.2) is 5.82 Å². The number of benzene rings is 1. The van der Waals surface area contributed by atoms with Crippen LogP contribution in [0.4, 0.5) is 28.2 Å². The summed E-state index contributed by atoms with van der Waals surface area (Å²) in [5, 5.41) is 13.9. The highest BCUT2D eigenvalue weighted by Crippen LogP contribution is 2.57. The van der Waals surface area contributed by atoms with Crippen molar-refractivity contribution >= 4 is 23.5 Å². The zero-order chi connectivity index (χ0) is 28.1. The maximum absolute atomic E-state index is 13.6. The molecule has 1 N–H and O–H groups in total. The van der Waals surface area contributed by atoms with Crippen molar-refractivity contribution in [3.05, 3.63) is 54.3 Å². The minimum atomic E-state index is -3.83. The molecule has 0 unspecified atom stereocenters. The van der Waals surface area contributed by atoms with Gasteiger partial charge in [-0.15, -0.1) is 8.78 Å². The Morgan fingerprint density at radius 1 is 1.08 bits per heavy atom. The summed E-state index contributed by atoms with van der Waals surface area (Å²) >= 11 is 4.81. The van der Waals surface area contributed by atoms with Gasteiger partial charge in [0, 0.05) is 36.7 Å². The molecule has 3 saturated carbocycles. The van der Waals surface area contributed by atoms with Crippen LogP contribution in [-0.2, 0) is 11.3 Å². The van der Waals surface area contributed by atoms with Crippen LogP contribution in [0.25, 0.3) is 11.1 Å². The van der Waals surface area contributed by atoms with Crippen molar-refractivity contribution in [2.24, 2.45) is 5.41 Å². The highest BCUT2D eigenvalue weighted by atomic mass is 35.5. The van der Waals surface area contributed by atoms with Crippen LogP contribution in [0, 0.1) is 5.41 Å². The van der Waals surface area contributed by atoms with Gasteiger partial charge in [-0.3, -0.25) is 4.90 Å². The Hall–Kier alpha value is -3.41. The lowest BCUT2D eigenvalue weighted by molar-refractivity contribution is -0.0964. The monoisotopic (exact) mass is 568 g/mol. The molecule has 3 aromatic rings. The maximum atomic E-state index is 13.6. The molecule has 39 heavy (non-hydrogen) atoms. The molecule has 0 aliphatic heterocycles. The number of pyridine rings is 1. The molecule has 0 saturated heterocycles. The van der Waals surface area contributed by atoms with Gasteiger partial charge in [0.05, 0.1) is 0 Å². The quantitative estimate of drug-likeness (QED) is 0.227. The summed E-state index contributed by atoms with van der Waals surface area (Å²) in [5.41, 5.74) is -3.30. The molecule has 0 atom stereocenters. The number of carbonyl (C=O) groups is 1. The number of hydrogen-bond donors (Lipinski definition) is 1. The SMILES string of the molecule is CC(F)(F)c1nc(C23CCC(CN(C(=O)O)c4cc(-c5ccc(OC(F)(F)Cl)cc5)ccn4)(CC2)CC3)no1. The summed E-state index contributed by atoms with van der Waals surface area (Å²) in [6, 6.07) is 9.09. The fraction of sp³-hybridized carbons (Fsp3) is 0.462. The number of halogens is 5. The van der Waals surface area contributed by atoms with Crippen LogP contribution >= 0.6 is 11.6 Å². The normalized spacial score (nSPS) is 23.0. The fourth-order valence-corrected chi connectivity index (χ4v) is 5.72. The van der Waals surface area contributed by atoms with E-state index in [-0.39, 0.29) is 23.5 Å². The number of alkyl halides is 5. The zero-order valence-electron chi connectivity index (χ0n) is 20.8. The van der Waals surface area contributed by atoms with Crippen LogP contribution in [-0.4, -0.2) is 38.4 Å². The molecule has 2 heterocycles. The summed E-state index contributed by atoms with van der Waals surface area (Å²) in [4.78, 5) is 21.8. The predicted molar refractivity (Wildman–Crippen MR) is 132 cm³/mol. The molecule has 2 bridgehead atoms. The summed E-state index contributed by atoms with van der Waals surface area (Å²) in [5.74, 6) is -3.50. The highest BCUT2D eigenvalue weighted by molar-refractivity contribution is 6.20. The first-order valence-corrected chi connectivity index (χ1v) is 12.7. The number of amides is 1. The molecule has 208 valence electrons. The molecule has 8 nitrogen and oxygen atoms in total. The van der Waals surface area contributed by atoms with E-state index in [4.69, 9.17) is 16.1 Å². The Morgan fingerprint density at radius 2 is 1.72 bits per heavy atom. The van der Waals surface area contributed by atoms with E-state index in [9.17, 15) is 27.5 Å². The van der Waals surface area contributed by atoms with Gasteiger partial charge in [-0.1, -0.05) is 17.3 Å². The van der Waals surface area contributed by atoms with Crippen molar-refractivity contribution in [2.45, 2.75) is 62.4 Å². The van der Waals surface area contributed by atoms with E-state index < -0.39 is 28.9 Å². The first kappa shape index (κ1) is 27.2. The van der Waals surface area contributed by atoms with Gasteiger partial charge >= 0.3 is 17.6 Å². The highest BCUT2D eigenvalue weighted by Gasteiger charge is 2.53. The van der Waals surface area contributed by atoms with Gasteiger partial charge in [0.25, 0.3) is 5.89 Å². The van der Waals surface area contributed by atoms with E-state index >= 15 is 0 Å². The molecule has 0 spiro atoms. The van der Waals surface area contributed by atoms with Crippen LogP contribution in [0.15, 0.2) is 47.1 Å². The number of rotatable bonds is 8. The number of carboxylic acid groups (broad SMARTS) is 1. The molecule has 1 aromatic carbocycles. The lowest BCUT2D eigenvalue weighted by Crippen LogP contribution is -2.51. The lowest BCUT2D eigenvalue weighted by Gasteiger charge is -2.53. The average Bonchev–Trinajstić information content (AvgIpc) is 3.40. The molecule has 3 aliphatic carbocycles. The van der Waals surface area contributed by atoms with Gasteiger partial charge in [0.1, 0.15) is 11.6 Å². The minimum absolute atomic E-state index is 0.120. The third kappa shape index (κ3) is 5.66. The predicted octanol–water partition coefficient (Wildman–Crippen LogP) is 7.19. The van der Waals surface area contributed by atoms with E-state index in [0.29, 0.717) is 62.4 Å². The fourth-order valence-electron chi connectivity index (χ4n) is 5.63. The van der Waals surface area contributed by atoms with Crippen molar-refractivity contribution in [1.82, 2.24) is 15.1 Å². The Morgan fingerprint density at radius 3 is 2.26 bits per heavy atom. The Bertz CT molecular complexity index is 1330. The van der Waals surface area contributed by atoms with Gasteiger partial charge in [-0.2, -0.15) is 13.8 Å². The number of anilines is 1. The summed E-state index contributed by atoms with van der Waals surface area (Å²) in [6.07, 6.45) is 4.27. The first-order chi connectivity index (χ1) is 18.3. The van der Waals surface area contributed by atoms with E-state index in [1.165, 1.54) is 23.2 Å². The zero-order valence-corrected chi connectivity index (χ0v) is 21.6. The first-order valence-electron chi connectivity index (χ1n) is 12.3. The van der Waals surface area contributed by atoms with Gasteiger partial charge < -0.3 is 14.4 Å². The Balaban J connectivity index is 1.32. The second kappa shape index (κ2) is 9.65. The van der Waals surface area contributed by atoms with Gasteiger partial charge in [0.2, 0.25) is 0 Å². The summed E-state index contributed by atoms with van der Waals surface area (Å²) < 4.78 is 62.2. The van der Waals surface area contributed by atoms with Crippen molar-refractivity contribution in [1.29, 1.82) is 0 Å². The second-order valence-corrected chi connectivity index (χ2v) is 10.9.